The Hall–Kier alpha value is -1.83. The van der Waals surface area contributed by atoms with Crippen molar-refractivity contribution in [1.29, 1.82) is 0 Å². The van der Waals surface area contributed by atoms with E-state index >= 15 is 0 Å². The molecule has 0 radical (unpaired) electrons. The Bertz CT molecular complexity index is 572. The minimum Gasteiger partial charge on any atom is -0.377 e. The van der Waals surface area contributed by atoms with Gasteiger partial charge in [0.1, 0.15) is 0 Å². The number of nitrogens with one attached hydrogen (secondary N) is 1. The second-order valence-corrected chi connectivity index (χ2v) is 5.44. The van der Waals surface area contributed by atoms with Crippen LogP contribution in [0.5, 0.6) is 0 Å². The first-order valence-corrected chi connectivity index (χ1v) is 7.03. The molecule has 0 amide bonds. The molecule has 0 aliphatic heterocycles. The summed E-state index contributed by atoms with van der Waals surface area (Å²) in [6.45, 7) is 4.21. The molecule has 1 aliphatic rings. The zero-order valence-corrected chi connectivity index (χ0v) is 11.6. The average molecular weight is 252 g/mol. The Kier molecular flexibility index (Phi) is 3.24. The third-order valence-corrected chi connectivity index (χ3v) is 3.92. The number of hydrogen-bond acceptors (Lipinski definition) is 2. The largest absolute Gasteiger partial charge is 0.377 e. The first-order chi connectivity index (χ1) is 9.22. The Labute approximate surface area is 114 Å². The predicted octanol–water partition coefficient (Wildman–Crippen LogP) is 4.05. The van der Waals surface area contributed by atoms with Crippen molar-refractivity contribution in [3.63, 3.8) is 0 Å². The summed E-state index contributed by atoms with van der Waals surface area (Å²) < 4.78 is 0. The van der Waals surface area contributed by atoms with Crippen LogP contribution in [0.1, 0.15) is 41.8 Å². The van der Waals surface area contributed by atoms with Gasteiger partial charge in [-0.3, -0.25) is 4.98 Å². The Morgan fingerprint density at radius 2 is 1.95 bits per heavy atom. The molecule has 98 valence electrons. The average Bonchev–Trinajstić information content (AvgIpc) is 2.88. The lowest BCUT2D eigenvalue weighted by molar-refractivity contribution is 0.877. The van der Waals surface area contributed by atoms with Gasteiger partial charge < -0.3 is 5.32 Å². The number of fused-ring (bicyclic) bond motifs is 1. The van der Waals surface area contributed by atoms with E-state index in [4.69, 9.17) is 0 Å². The molecule has 1 aliphatic carbocycles. The van der Waals surface area contributed by atoms with E-state index in [0.29, 0.717) is 6.04 Å². The Morgan fingerprint density at radius 1 is 1.11 bits per heavy atom. The van der Waals surface area contributed by atoms with Gasteiger partial charge in [-0.25, -0.2) is 0 Å². The number of benzene rings is 1. The molecule has 0 saturated carbocycles. The summed E-state index contributed by atoms with van der Waals surface area (Å²) >= 11 is 0. The number of pyridine rings is 1. The second-order valence-electron chi connectivity index (χ2n) is 5.44. The molecule has 0 fully saturated rings. The molecule has 1 unspecified atom stereocenters. The summed E-state index contributed by atoms with van der Waals surface area (Å²) in [7, 11) is 0. The summed E-state index contributed by atoms with van der Waals surface area (Å²) in [6, 6.07) is 11.4. The van der Waals surface area contributed by atoms with Gasteiger partial charge in [-0.2, -0.15) is 0 Å². The minimum atomic E-state index is 0.315. The summed E-state index contributed by atoms with van der Waals surface area (Å²) in [6.07, 6.45) is 5.70. The Balaban J connectivity index is 1.76. The highest BCUT2D eigenvalue weighted by atomic mass is 14.9. The van der Waals surface area contributed by atoms with Crippen molar-refractivity contribution >= 4 is 5.69 Å². The zero-order chi connectivity index (χ0) is 13.2. The van der Waals surface area contributed by atoms with Crippen LogP contribution in [-0.4, -0.2) is 4.98 Å². The van der Waals surface area contributed by atoms with Crippen molar-refractivity contribution in [2.45, 2.75) is 39.2 Å². The minimum absolute atomic E-state index is 0.315. The van der Waals surface area contributed by atoms with Gasteiger partial charge >= 0.3 is 0 Å². The maximum Gasteiger partial charge on any atom is 0.0531 e. The molecule has 1 aromatic carbocycles. The van der Waals surface area contributed by atoms with E-state index in [9.17, 15) is 0 Å². The first kappa shape index (κ1) is 12.2. The lowest BCUT2D eigenvalue weighted by Gasteiger charge is -2.16. The highest BCUT2D eigenvalue weighted by Gasteiger charge is 2.13. The molecule has 2 nitrogen and oxygen atoms in total. The van der Waals surface area contributed by atoms with Crippen molar-refractivity contribution < 1.29 is 0 Å². The number of hydrogen-bond donors (Lipinski definition) is 1. The van der Waals surface area contributed by atoms with E-state index in [2.05, 4.69) is 41.5 Å². The van der Waals surface area contributed by atoms with Crippen molar-refractivity contribution in [3.05, 3.63) is 58.9 Å². The molecular weight excluding hydrogens is 232 g/mol. The van der Waals surface area contributed by atoms with Gasteiger partial charge in [0.2, 0.25) is 0 Å². The van der Waals surface area contributed by atoms with Gasteiger partial charge in [-0.15, -0.1) is 0 Å². The van der Waals surface area contributed by atoms with Crippen molar-refractivity contribution in [3.8, 4) is 0 Å². The lowest BCUT2D eigenvalue weighted by Crippen LogP contribution is -2.07. The first-order valence-electron chi connectivity index (χ1n) is 7.03. The Morgan fingerprint density at radius 3 is 2.74 bits per heavy atom. The topological polar surface area (TPSA) is 24.9 Å². The van der Waals surface area contributed by atoms with Crippen LogP contribution in [0.3, 0.4) is 0 Å². The molecule has 3 rings (SSSR count). The van der Waals surface area contributed by atoms with Crippen LogP contribution < -0.4 is 5.32 Å². The SMILES string of the molecule is Cc1ccc(NC(C)c2ccc3c(c2)CCC3)cn1. The highest BCUT2D eigenvalue weighted by Crippen LogP contribution is 2.26. The maximum atomic E-state index is 4.32. The molecule has 2 heteroatoms. The van der Waals surface area contributed by atoms with Crippen LogP contribution in [0.4, 0.5) is 5.69 Å². The smallest absolute Gasteiger partial charge is 0.0531 e. The van der Waals surface area contributed by atoms with Gasteiger partial charge in [-0.1, -0.05) is 18.2 Å². The molecule has 1 aromatic heterocycles. The van der Waals surface area contributed by atoms with E-state index < -0.39 is 0 Å². The van der Waals surface area contributed by atoms with Crippen molar-refractivity contribution in [2.24, 2.45) is 0 Å². The van der Waals surface area contributed by atoms with Crippen LogP contribution in [0, 0.1) is 6.92 Å². The maximum absolute atomic E-state index is 4.32. The summed E-state index contributed by atoms with van der Waals surface area (Å²) in [5, 5.41) is 3.51. The van der Waals surface area contributed by atoms with Crippen molar-refractivity contribution in [1.82, 2.24) is 4.98 Å². The molecule has 1 heterocycles. The number of aromatic nitrogens is 1. The number of anilines is 1. The second kappa shape index (κ2) is 5.04. The lowest BCUT2D eigenvalue weighted by atomic mass is 10.0. The van der Waals surface area contributed by atoms with Crippen LogP contribution in [0.25, 0.3) is 0 Å². The molecule has 2 aromatic rings. The number of nitrogens with zero attached hydrogens (tertiary/aromatic N) is 1. The summed E-state index contributed by atoms with van der Waals surface area (Å²) in [5.74, 6) is 0. The van der Waals surface area contributed by atoms with Gasteiger partial charge in [0.25, 0.3) is 0 Å². The fraction of sp³-hybridized carbons (Fsp3) is 0.353. The van der Waals surface area contributed by atoms with Gasteiger partial charge in [-0.05, 0) is 61.9 Å². The van der Waals surface area contributed by atoms with Crippen LogP contribution in [-0.2, 0) is 12.8 Å². The molecule has 19 heavy (non-hydrogen) atoms. The molecule has 0 spiro atoms. The summed E-state index contributed by atoms with van der Waals surface area (Å²) in [5.41, 5.74) is 6.57. The van der Waals surface area contributed by atoms with Crippen LogP contribution in [0.15, 0.2) is 36.5 Å². The molecular formula is C17H20N2. The third kappa shape index (κ3) is 2.62. The van der Waals surface area contributed by atoms with E-state index in [1.807, 2.05) is 19.2 Å². The van der Waals surface area contributed by atoms with E-state index in [-0.39, 0.29) is 0 Å². The van der Waals surface area contributed by atoms with Gasteiger partial charge in [0, 0.05) is 11.7 Å². The highest BCUT2D eigenvalue weighted by molar-refractivity contribution is 5.45. The van der Waals surface area contributed by atoms with Crippen molar-refractivity contribution in [2.75, 3.05) is 5.32 Å². The van der Waals surface area contributed by atoms with E-state index in [1.165, 1.54) is 36.0 Å². The molecule has 1 N–H and O–H groups in total. The van der Waals surface area contributed by atoms with Crippen LogP contribution >= 0.6 is 0 Å². The van der Waals surface area contributed by atoms with Gasteiger partial charge in [0.05, 0.1) is 11.9 Å². The molecule has 1 atom stereocenters. The monoisotopic (exact) mass is 252 g/mol. The van der Waals surface area contributed by atoms with E-state index in [1.54, 1.807) is 0 Å². The van der Waals surface area contributed by atoms with E-state index in [0.717, 1.165) is 11.4 Å². The standard InChI is InChI=1S/C17H20N2/c1-12-6-9-17(11-18-12)19-13(2)15-8-7-14-4-3-5-16(14)10-15/h6-11,13,19H,3-5H2,1-2H3. The molecule has 0 bridgehead atoms. The number of aryl methyl sites for hydroxylation is 3. The van der Waals surface area contributed by atoms with Crippen LogP contribution in [0.2, 0.25) is 0 Å². The normalized spacial score (nSPS) is 15.1. The summed E-state index contributed by atoms with van der Waals surface area (Å²) in [4.78, 5) is 4.32. The fourth-order valence-electron chi connectivity index (χ4n) is 2.75. The predicted molar refractivity (Wildman–Crippen MR) is 79.5 cm³/mol. The van der Waals surface area contributed by atoms with Gasteiger partial charge in [0.15, 0.2) is 0 Å². The zero-order valence-electron chi connectivity index (χ0n) is 11.6. The quantitative estimate of drug-likeness (QED) is 0.891. The number of rotatable bonds is 3. The fourth-order valence-corrected chi connectivity index (χ4v) is 2.75. The third-order valence-electron chi connectivity index (χ3n) is 3.92. The molecule has 0 saturated heterocycles.